The lowest BCUT2D eigenvalue weighted by molar-refractivity contribution is 0.316. The summed E-state index contributed by atoms with van der Waals surface area (Å²) in [6, 6.07) is 6.69. The van der Waals surface area contributed by atoms with Crippen LogP contribution in [-0.4, -0.2) is 6.61 Å². The molecule has 1 unspecified atom stereocenters. The molecule has 0 N–H and O–H groups in total. The summed E-state index contributed by atoms with van der Waals surface area (Å²) >= 11 is 0. The van der Waals surface area contributed by atoms with Crippen molar-refractivity contribution in [2.45, 2.75) is 25.2 Å². The number of hydrogen-bond donors (Lipinski definition) is 0. The summed E-state index contributed by atoms with van der Waals surface area (Å²) in [7, 11) is 0. The van der Waals surface area contributed by atoms with Crippen LogP contribution in [0.3, 0.4) is 0 Å². The van der Waals surface area contributed by atoms with Gasteiger partial charge in [-0.2, -0.15) is 5.26 Å². The van der Waals surface area contributed by atoms with E-state index in [2.05, 4.69) is 6.07 Å². The lowest BCUT2D eigenvalue weighted by Gasteiger charge is -2.12. The van der Waals surface area contributed by atoms with Crippen LogP contribution in [0, 0.1) is 17.1 Å². The minimum Gasteiger partial charge on any atom is -0.493 e. The Labute approximate surface area is 88.3 Å². The van der Waals surface area contributed by atoms with Gasteiger partial charge in [-0.1, -0.05) is 0 Å². The third-order valence-electron chi connectivity index (χ3n) is 2.70. The monoisotopic (exact) mass is 205 g/mol. The Kier molecular flexibility index (Phi) is 2.86. The molecule has 1 aliphatic heterocycles. The first-order valence-electron chi connectivity index (χ1n) is 5.10. The molecule has 15 heavy (non-hydrogen) atoms. The van der Waals surface area contributed by atoms with Crippen molar-refractivity contribution in [3.63, 3.8) is 0 Å². The van der Waals surface area contributed by atoms with E-state index in [1.54, 1.807) is 6.07 Å². The molecule has 1 aromatic carbocycles. The van der Waals surface area contributed by atoms with E-state index in [1.165, 1.54) is 12.1 Å². The molecule has 0 saturated carbocycles. The summed E-state index contributed by atoms with van der Waals surface area (Å²) in [5, 5.41) is 8.72. The molecule has 2 rings (SSSR count). The summed E-state index contributed by atoms with van der Waals surface area (Å²) in [5.74, 6) is 0.583. The zero-order valence-corrected chi connectivity index (χ0v) is 8.37. The third-order valence-corrected chi connectivity index (χ3v) is 2.70. The van der Waals surface area contributed by atoms with E-state index in [1.807, 2.05) is 0 Å². The number of benzene rings is 1. The van der Waals surface area contributed by atoms with Gasteiger partial charge < -0.3 is 4.74 Å². The predicted molar refractivity (Wildman–Crippen MR) is 54.1 cm³/mol. The molecule has 1 aromatic rings. The molecular formula is C12H12FNO. The standard InChI is InChI=1S/C12H12FNO/c13-10-3-4-12-11(8-10)9(5-6-14)2-1-7-15-12/h3-4,8-9H,1-2,5,7H2. The second-order valence-electron chi connectivity index (χ2n) is 3.73. The highest BCUT2D eigenvalue weighted by Gasteiger charge is 2.19. The Morgan fingerprint density at radius 2 is 2.40 bits per heavy atom. The molecule has 0 radical (unpaired) electrons. The molecule has 0 aliphatic carbocycles. The van der Waals surface area contributed by atoms with E-state index in [0.29, 0.717) is 13.0 Å². The van der Waals surface area contributed by atoms with E-state index in [9.17, 15) is 4.39 Å². The van der Waals surface area contributed by atoms with Crippen LogP contribution in [-0.2, 0) is 0 Å². The van der Waals surface area contributed by atoms with E-state index in [0.717, 1.165) is 24.2 Å². The Bertz CT molecular complexity index is 397. The van der Waals surface area contributed by atoms with E-state index >= 15 is 0 Å². The Hall–Kier alpha value is -1.56. The quantitative estimate of drug-likeness (QED) is 0.706. The fraction of sp³-hybridized carbons (Fsp3) is 0.417. The van der Waals surface area contributed by atoms with Gasteiger partial charge in [-0.25, -0.2) is 4.39 Å². The predicted octanol–water partition coefficient (Wildman–Crippen LogP) is 3.00. The summed E-state index contributed by atoms with van der Waals surface area (Å²) in [6.45, 7) is 0.653. The zero-order chi connectivity index (χ0) is 10.7. The molecule has 78 valence electrons. The molecule has 0 saturated heterocycles. The lowest BCUT2D eigenvalue weighted by Crippen LogP contribution is -1.97. The minimum atomic E-state index is -0.262. The number of fused-ring (bicyclic) bond motifs is 1. The van der Waals surface area contributed by atoms with Gasteiger partial charge in [-0.05, 0) is 31.0 Å². The van der Waals surface area contributed by atoms with Crippen molar-refractivity contribution in [1.82, 2.24) is 0 Å². The van der Waals surface area contributed by atoms with Gasteiger partial charge in [0.15, 0.2) is 0 Å². The minimum absolute atomic E-state index is 0.114. The third kappa shape index (κ3) is 2.10. The van der Waals surface area contributed by atoms with Crippen LogP contribution in [0.15, 0.2) is 18.2 Å². The SMILES string of the molecule is N#CCC1CCCOc2ccc(F)cc21. The largest absolute Gasteiger partial charge is 0.493 e. The van der Waals surface area contributed by atoms with Crippen LogP contribution in [0.2, 0.25) is 0 Å². The fourth-order valence-corrected chi connectivity index (χ4v) is 1.96. The first-order valence-corrected chi connectivity index (χ1v) is 5.10. The zero-order valence-electron chi connectivity index (χ0n) is 8.37. The highest BCUT2D eigenvalue weighted by molar-refractivity contribution is 5.38. The van der Waals surface area contributed by atoms with Gasteiger partial charge in [0.2, 0.25) is 0 Å². The molecule has 0 aromatic heterocycles. The molecule has 1 aliphatic rings. The molecule has 0 fully saturated rings. The van der Waals surface area contributed by atoms with E-state index < -0.39 is 0 Å². The topological polar surface area (TPSA) is 33.0 Å². The summed E-state index contributed by atoms with van der Waals surface area (Å²) < 4.78 is 18.6. The molecule has 1 atom stereocenters. The Balaban J connectivity index is 2.38. The molecular weight excluding hydrogens is 193 g/mol. The van der Waals surface area contributed by atoms with E-state index in [4.69, 9.17) is 10.00 Å². The first-order chi connectivity index (χ1) is 7.31. The maximum atomic E-state index is 13.1. The van der Waals surface area contributed by atoms with Crippen LogP contribution < -0.4 is 4.74 Å². The van der Waals surface area contributed by atoms with Crippen LogP contribution in [0.4, 0.5) is 4.39 Å². The highest BCUT2D eigenvalue weighted by Crippen LogP contribution is 2.35. The van der Waals surface area contributed by atoms with Crippen molar-refractivity contribution in [3.8, 4) is 11.8 Å². The van der Waals surface area contributed by atoms with Gasteiger partial charge in [-0.15, -0.1) is 0 Å². The smallest absolute Gasteiger partial charge is 0.123 e. The number of nitrogens with zero attached hydrogens (tertiary/aromatic N) is 1. The van der Waals surface area contributed by atoms with Crippen molar-refractivity contribution in [1.29, 1.82) is 5.26 Å². The summed E-state index contributed by atoms with van der Waals surface area (Å²) in [5.41, 5.74) is 0.842. The number of hydrogen-bond acceptors (Lipinski definition) is 2. The highest BCUT2D eigenvalue weighted by atomic mass is 19.1. The number of nitriles is 1. The van der Waals surface area contributed by atoms with Crippen molar-refractivity contribution in [2.24, 2.45) is 0 Å². The van der Waals surface area contributed by atoms with Gasteiger partial charge in [0.05, 0.1) is 12.7 Å². The second-order valence-corrected chi connectivity index (χ2v) is 3.73. The number of rotatable bonds is 1. The van der Waals surface area contributed by atoms with Crippen LogP contribution >= 0.6 is 0 Å². The Morgan fingerprint density at radius 3 is 3.20 bits per heavy atom. The molecule has 2 nitrogen and oxygen atoms in total. The lowest BCUT2D eigenvalue weighted by atomic mass is 9.92. The molecule has 0 spiro atoms. The normalized spacial score (nSPS) is 19.6. The average Bonchev–Trinajstić information content (AvgIpc) is 2.42. The number of halogens is 1. The van der Waals surface area contributed by atoms with Gasteiger partial charge in [0, 0.05) is 17.9 Å². The van der Waals surface area contributed by atoms with Crippen molar-refractivity contribution >= 4 is 0 Å². The van der Waals surface area contributed by atoms with Gasteiger partial charge >= 0.3 is 0 Å². The number of ether oxygens (including phenoxy) is 1. The van der Waals surface area contributed by atoms with Crippen molar-refractivity contribution in [3.05, 3.63) is 29.6 Å². The second kappa shape index (κ2) is 4.31. The molecule has 0 bridgehead atoms. The van der Waals surface area contributed by atoms with Gasteiger partial charge in [0.1, 0.15) is 11.6 Å². The maximum Gasteiger partial charge on any atom is 0.123 e. The van der Waals surface area contributed by atoms with E-state index in [-0.39, 0.29) is 11.7 Å². The summed E-state index contributed by atoms with van der Waals surface area (Å²) in [6.07, 6.45) is 2.24. The molecule has 1 heterocycles. The van der Waals surface area contributed by atoms with Crippen molar-refractivity contribution in [2.75, 3.05) is 6.61 Å². The summed E-state index contributed by atoms with van der Waals surface area (Å²) in [4.78, 5) is 0. The first kappa shape index (κ1) is 9.97. The molecule has 3 heteroatoms. The Morgan fingerprint density at radius 1 is 1.53 bits per heavy atom. The van der Waals surface area contributed by atoms with Crippen LogP contribution in [0.5, 0.6) is 5.75 Å². The maximum absolute atomic E-state index is 13.1. The van der Waals surface area contributed by atoms with Gasteiger partial charge in [0.25, 0.3) is 0 Å². The fourth-order valence-electron chi connectivity index (χ4n) is 1.96. The van der Waals surface area contributed by atoms with Gasteiger partial charge in [-0.3, -0.25) is 0 Å². The average molecular weight is 205 g/mol. The molecule has 0 amide bonds. The van der Waals surface area contributed by atoms with Crippen LogP contribution in [0.25, 0.3) is 0 Å². The van der Waals surface area contributed by atoms with Crippen molar-refractivity contribution < 1.29 is 9.13 Å². The van der Waals surface area contributed by atoms with Crippen LogP contribution in [0.1, 0.15) is 30.7 Å².